The van der Waals surface area contributed by atoms with Crippen molar-refractivity contribution < 1.29 is 4.79 Å². The van der Waals surface area contributed by atoms with Gasteiger partial charge < -0.3 is 10.6 Å². The number of nitrogens with one attached hydrogen (secondary N) is 2. The minimum atomic E-state index is 0. The molecule has 0 aromatic heterocycles. The van der Waals surface area contributed by atoms with Crippen LogP contribution in [-0.2, 0) is 17.6 Å². The first-order chi connectivity index (χ1) is 9.25. The van der Waals surface area contributed by atoms with Crippen LogP contribution < -0.4 is 10.6 Å². The van der Waals surface area contributed by atoms with Crippen molar-refractivity contribution in [3.63, 3.8) is 0 Å². The molecule has 1 fully saturated rings. The lowest BCUT2D eigenvalue weighted by molar-refractivity contribution is -0.121. The van der Waals surface area contributed by atoms with Crippen LogP contribution in [0.5, 0.6) is 0 Å². The summed E-state index contributed by atoms with van der Waals surface area (Å²) in [6, 6.07) is 6.31. The first-order valence-electron chi connectivity index (χ1n) is 7.38. The summed E-state index contributed by atoms with van der Waals surface area (Å²) in [7, 11) is 0. The van der Waals surface area contributed by atoms with Gasteiger partial charge in [0, 0.05) is 11.6 Å². The molecule has 1 atom stereocenters. The monoisotopic (exact) mass is 294 g/mol. The normalized spacial score (nSPS) is 19.2. The van der Waals surface area contributed by atoms with Crippen LogP contribution in [0.2, 0.25) is 0 Å². The highest BCUT2D eigenvalue weighted by atomic mass is 35.5. The molecule has 3 rings (SSSR count). The van der Waals surface area contributed by atoms with Gasteiger partial charge >= 0.3 is 0 Å². The number of anilines is 1. The first-order valence-corrected chi connectivity index (χ1v) is 7.38. The highest BCUT2D eigenvalue weighted by Crippen LogP contribution is 2.28. The zero-order valence-corrected chi connectivity index (χ0v) is 12.8. The smallest absolute Gasteiger partial charge is 0.227 e. The van der Waals surface area contributed by atoms with Crippen molar-refractivity contribution in [1.82, 2.24) is 5.32 Å². The van der Waals surface area contributed by atoms with Gasteiger partial charge in [-0.2, -0.15) is 0 Å². The zero-order valence-electron chi connectivity index (χ0n) is 11.9. The van der Waals surface area contributed by atoms with Gasteiger partial charge in [0.1, 0.15) is 0 Å². The van der Waals surface area contributed by atoms with Crippen LogP contribution in [-0.4, -0.2) is 19.0 Å². The number of carbonyl (C=O) groups is 1. The molecule has 20 heavy (non-hydrogen) atoms. The van der Waals surface area contributed by atoms with Crippen molar-refractivity contribution >= 4 is 24.0 Å². The minimum Gasteiger partial charge on any atom is -0.326 e. The summed E-state index contributed by atoms with van der Waals surface area (Å²) in [5, 5.41) is 6.38. The highest BCUT2D eigenvalue weighted by molar-refractivity contribution is 5.93. The summed E-state index contributed by atoms with van der Waals surface area (Å²) in [5.41, 5.74) is 3.82. The lowest BCUT2D eigenvalue weighted by Crippen LogP contribution is -2.48. The number of rotatable bonds is 3. The number of halogens is 1. The highest BCUT2D eigenvalue weighted by Gasteiger charge is 2.29. The van der Waals surface area contributed by atoms with Gasteiger partial charge in [-0.25, -0.2) is 0 Å². The summed E-state index contributed by atoms with van der Waals surface area (Å²) >= 11 is 0. The Labute approximate surface area is 126 Å². The third-order valence-electron chi connectivity index (χ3n) is 4.59. The maximum absolute atomic E-state index is 12.3. The Morgan fingerprint density at radius 3 is 2.75 bits per heavy atom. The average Bonchev–Trinajstić information content (AvgIpc) is 2.37. The molecule has 3 nitrogen and oxygen atoms in total. The maximum Gasteiger partial charge on any atom is 0.227 e. The van der Waals surface area contributed by atoms with Gasteiger partial charge in [0.05, 0.1) is 0 Å². The number of hydrogen-bond acceptors (Lipinski definition) is 2. The first kappa shape index (κ1) is 15.3. The molecule has 1 aliphatic carbocycles. The Morgan fingerprint density at radius 2 is 2.05 bits per heavy atom. The Hall–Kier alpha value is -1.06. The van der Waals surface area contributed by atoms with Crippen LogP contribution >= 0.6 is 12.4 Å². The quantitative estimate of drug-likeness (QED) is 0.900. The lowest BCUT2D eigenvalue weighted by Gasteiger charge is -2.32. The molecular formula is C16H23ClN2O. The zero-order chi connectivity index (χ0) is 13.2. The third-order valence-corrected chi connectivity index (χ3v) is 4.59. The van der Waals surface area contributed by atoms with Gasteiger partial charge in [0.25, 0.3) is 0 Å². The third kappa shape index (κ3) is 2.99. The average molecular weight is 295 g/mol. The van der Waals surface area contributed by atoms with Gasteiger partial charge in [-0.1, -0.05) is 19.1 Å². The molecule has 1 aromatic rings. The van der Waals surface area contributed by atoms with Crippen molar-refractivity contribution in [2.24, 2.45) is 11.8 Å². The number of benzene rings is 1. The van der Waals surface area contributed by atoms with E-state index in [-0.39, 0.29) is 24.2 Å². The minimum absolute atomic E-state index is 0. The van der Waals surface area contributed by atoms with Crippen LogP contribution in [0.3, 0.4) is 0 Å². The molecule has 4 heteroatoms. The summed E-state index contributed by atoms with van der Waals surface area (Å²) in [6.45, 7) is 3.99. The van der Waals surface area contributed by atoms with E-state index >= 15 is 0 Å². The van der Waals surface area contributed by atoms with E-state index in [2.05, 4.69) is 22.8 Å². The Bertz CT molecular complexity index is 485. The maximum atomic E-state index is 12.3. The van der Waals surface area contributed by atoms with Crippen molar-refractivity contribution in [1.29, 1.82) is 0 Å². The number of hydrogen-bond donors (Lipinski definition) is 2. The molecule has 1 amide bonds. The summed E-state index contributed by atoms with van der Waals surface area (Å²) in [6.07, 6.45) is 4.77. The second-order valence-electron chi connectivity index (χ2n) is 5.85. The van der Waals surface area contributed by atoms with E-state index in [9.17, 15) is 4.79 Å². The van der Waals surface area contributed by atoms with E-state index in [4.69, 9.17) is 0 Å². The van der Waals surface area contributed by atoms with Gasteiger partial charge in [-0.05, 0) is 61.9 Å². The molecule has 2 aliphatic rings. The van der Waals surface area contributed by atoms with E-state index in [0.29, 0.717) is 5.92 Å². The second kappa shape index (κ2) is 6.59. The predicted molar refractivity (Wildman–Crippen MR) is 84.5 cm³/mol. The molecule has 0 saturated carbocycles. The molecule has 110 valence electrons. The molecule has 1 aliphatic heterocycles. The molecule has 2 N–H and O–H groups in total. The second-order valence-corrected chi connectivity index (χ2v) is 5.85. The molecular weight excluding hydrogens is 272 g/mol. The largest absolute Gasteiger partial charge is 0.326 e. The predicted octanol–water partition coefficient (Wildman–Crippen LogP) is 2.78. The van der Waals surface area contributed by atoms with Crippen molar-refractivity contribution in [2.45, 2.75) is 32.6 Å². The van der Waals surface area contributed by atoms with E-state index in [1.165, 1.54) is 24.0 Å². The van der Waals surface area contributed by atoms with Gasteiger partial charge in [-0.15, -0.1) is 12.4 Å². The standard InChI is InChI=1S/C16H22N2O.ClH/c1-11(13-9-17-10-13)16(19)18-15-8-4-6-12-5-2-3-7-14(12)15;/h4,6,8,11,13,17H,2-3,5,7,9-10H2,1H3,(H,18,19);1H. The fraction of sp³-hybridized carbons (Fsp3) is 0.562. The molecule has 0 bridgehead atoms. The van der Waals surface area contributed by atoms with E-state index in [0.717, 1.165) is 31.6 Å². The summed E-state index contributed by atoms with van der Waals surface area (Å²) in [5.74, 6) is 0.769. The Balaban J connectivity index is 0.00000147. The fourth-order valence-electron chi connectivity index (χ4n) is 3.02. The number of amides is 1. The fourth-order valence-corrected chi connectivity index (χ4v) is 3.02. The SMILES string of the molecule is CC(C(=O)Nc1cccc2c1CCCC2)C1CNC1.Cl. The topological polar surface area (TPSA) is 41.1 Å². The van der Waals surface area contributed by atoms with E-state index in [1.54, 1.807) is 0 Å². The molecule has 0 radical (unpaired) electrons. The van der Waals surface area contributed by atoms with Gasteiger partial charge in [0.2, 0.25) is 5.91 Å². The van der Waals surface area contributed by atoms with Crippen LogP contribution in [0.4, 0.5) is 5.69 Å². The number of fused-ring (bicyclic) bond motifs is 1. The Kier molecular flexibility index (Phi) is 5.06. The van der Waals surface area contributed by atoms with Gasteiger partial charge in [-0.3, -0.25) is 4.79 Å². The number of carbonyl (C=O) groups excluding carboxylic acids is 1. The summed E-state index contributed by atoms with van der Waals surface area (Å²) < 4.78 is 0. The molecule has 1 aromatic carbocycles. The van der Waals surface area contributed by atoms with Gasteiger partial charge in [0.15, 0.2) is 0 Å². The van der Waals surface area contributed by atoms with Crippen LogP contribution in [0, 0.1) is 11.8 Å². The van der Waals surface area contributed by atoms with Crippen LogP contribution in [0.25, 0.3) is 0 Å². The van der Waals surface area contributed by atoms with E-state index in [1.807, 2.05) is 13.0 Å². The van der Waals surface area contributed by atoms with Crippen molar-refractivity contribution in [3.8, 4) is 0 Å². The molecule has 1 unspecified atom stereocenters. The van der Waals surface area contributed by atoms with Crippen molar-refractivity contribution in [2.75, 3.05) is 18.4 Å². The molecule has 1 saturated heterocycles. The van der Waals surface area contributed by atoms with Crippen LogP contribution in [0.15, 0.2) is 18.2 Å². The summed E-state index contributed by atoms with van der Waals surface area (Å²) in [4.78, 5) is 12.3. The Morgan fingerprint density at radius 1 is 1.30 bits per heavy atom. The molecule has 0 spiro atoms. The molecule has 1 heterocycles. The lowest BCUT2D eigenvalue weighted by atomic mass is 9.87. The van der Waals surface area contributed by atoms with Crippen molar-refractivity contribution in [3.05, 3.63) is 29.3 Å². The number of aryl methyl sites for hydroxylation is 1. The van der Waals surface area contributed by atoms with Crippen LogP contribution in [0.1, 0.15) is 30.9 Å². The van der Waals surface area contributed by atoms with E-state index < -0.39 is 0 Å².